The van der Waals surface area contributed by atoms with E-state index in [-0.39, 0.29) is 6.54 Å². The van der Waals surface area contributed by atoms with E-state index >= 15 is 0 Å². The summed E-state index contributed by atoms with van der Waals surface area (Å²) in [5, 5.41) is 4.26. The minimum atomic E-state index is -0.840. The van der Waals surface area contributed by atoms with Crippen LogP contribution < -0.4 is 4.74 Å². The number of imide groups is 1. The number of hydrogen-bond acceptors (Lipinski definition) is 8. The third-order valence-electron chi connectivity index (χ3n) is 4.75. The Bertz CT molecular complexity index is 1310. The fraction of sp³-hybridized carbons (Fsp3) is 0.423. The highest BCUT2D eigenvalue weighted by atomic mass is 79.9. The van der Waals surface area contributed by atoms with E-state index in [9.17, 15) is 9.59 Å². The van der Waals surface area contributed by atoms with Gasteiger partial charge >= 0.3 is 18.1 Å². The van der Waals surface area contributed by atoms with Crippen molar-refractivity contribution >= 4 is 44.3 Å². The molecule has 1 aliphatic heterocycles. The molecule has 0 fully saturated rings. The monoisotopic (exact) mass is 585 g/mol. The van der Waals surface area contributed by atoms with E-state index in [1.54, 1.807) is 71.5 Å². The summed E-state index contributed by atoms with van der Waals surface area (Å²) in [5.41, 5.74) is -0.182. The summed E-state index contributed by atoms with van der Waals surface area (Å²) in [6.45, 7) is 17.5. The number of aromatic nitrogens is 2. The molecule has 0 radical (unpaired) electrons. The third-order valence-corrected chi connectivity index (χ3v) is 5.19. The summed E-state index contributed by atoms with van der Waals surface area (Å²) < 4.78 is 19.2. The summed E-state index contributed by atoms with van der Waals surface area (Å²) in [7, 11) is 1.76. The lowest BCUT2D eigenvalue weighted by Gasteiger charge is -2.28. The lowest BCUT2D eigenvalue weighted by Crippen LogP contribution is -2.43. The first-order chi connectivity index (χ1) is 17.6. The number of amides is 2. The molecule has 1 aromatic carbocycles. The molecule has 12 heteroatoms. The normalized spacial score (nSPS) is 13.5. The molecule has 1 aliphatic rings. The molecule has 11 nitrogen and oxygen atoms in total. The van der Waals surface area contributed by atoms with Gasteiger partial charge in [0.15, 0.2) is 23.2 Å². The Kier molecular flexibility index (Phi) is 8.51. The molecule has 38 heavy (non-hydrogen) atoms. The average Bonchev–Trinajstić information content (AvgIpc) is 3.11. The number of carbonyl (C=O) groups is 2. The van der Waals surface area contributed by atoms with Gasteiger partial charge in [0, 0.05) is 23.1 Å². The van der Waals surface area contributed by atoms with Crippen LogP contribution in [0.2, 0.25) is 0 Å². The maximum absolute atomic E-state index is 12.8. The highest BCUT2D eigenvalue weighted by molar-refractivity contribution is 9.18. The number of ether oxygens (including phenoxy) is 3. The van der Waals surface area contributed by atoms with Crippen molar-refractivity contribution in [2.45, 2.75) is 65.7 Å². The Morgan fingerprint density at radius 1 is 1.08 bits per heavy atom. The SMILES string of the molecule is [C-]#[N+]c1ccc(-c2ncc(CN(C(=O)OC(C)(C)C)C(=O)OC(C)(C)C)cn2)c(OC2=[N+](C)N=C(Br)C2)c1. The van der Waals surface area contributed by atoms with Crippen molar-refractivity contribution in [1.82, 2.24) is 14.9 Å². The van der Waals surface area contributed by atoms with Crippen molar-refractivity contribution in [3.8, 4) is 17.1 Å². The minimum absolute atomic E-state index is 0.155. The van der Waals surface area contributed by atoms with Crippen LogP contribution in [0.1, 0.15) is 53.5 Å². The Hall–Kier alpha value is -3.85. The van der Waals surface area contributed by atoms with Crippen molar-refractivity contribution in [2.24, 2.45) is 5.10 Å². The summed E-state index contributed by atoms with van der Waals surface area (Å²) in [4.78, 5) is 38.8. The fourth-order valence-electron chi connectivity index (χ4n) is 3.17. The molecule has 200 valence electrons. The van der Waals surface area contributed by atoms with Gasteiger partial charge < -0.3 is 14.2 Å². The number of halogens is 1. The van der Waals surface area contributed by atoms with E-state index in [0.717, 1.165) is 9.52 Å². The second kappa shape index (κ2) is 11.3. The molecule has 0 N–H and O–H groups in total. The van der Waals surface area contributed by atoms with Gasteiger partial charge in [-0.05, 0) is 63.5 Å². The Balaban J connectivity index is 1.88. The Morgan fingerprint density at radius 2 is 1.66 bits per heavy atom. The van der Waals surface area contributed by atoms with Crippen molar-refractivity contribution in [1.29, 1.82) is 0 Å². The number of hydrogen-bond donors (Lipinski definition) is 0. The van der Waals surface area contributed by atoms with Crippen LogP contribution in [-0.4, -0.2) is 60.5 Å². The van der Waals surface area contributed by atoms with Crippen LogP contribution in [0.15, 0.2) is 35.7 Å². The molecule has 2 amide bonds. The first kappa shape index (κ1) is 28.7. The third kappa shape index (κ3) is 7.82. The molecule has 0 spiro atoms. The highest BCUT2D eigenvalue weighted by Gasteiger charge is 2.32. The van der Waals surface area contributed by atoms with Gasteiger partial charge in [-0.1, -0.05) is 16.8 Å². The van der Waals surface area contributed by atoms with Gasteiger partial charge in [-0.2, -0.15) is 0 Å². The Morgan fingerprint density at radius 3 is 2.13 bits per heavy atom. The summed E-state index contributed by atoms with van der Waals surface area (Å²) in [6, 6.07) is 4.96. The van der Waals surface area contributed by atoms with Crippen LogP contribution in [0.5, 0.6) is 5.75 Å². The minimum Gasteiger partial charge on any atom is -0.443 e. The van der Waals surface area contributed by atoms with Gasteiger partial charge in [0.1, 0.15) is 23.4 Å². The Labute approximate surface area is 230 Å². The predicted octanol–water partition coefficient (Wildman–Crippen LogP) is 5.90. The number of rotatable bonds is 4. The highest BCUT2D eigenvalue weighted by Crippen LogP contribution is 2.32. The van der Waals surface area contributed by atoms with Gasteiger partial charge in [0.25, 0.3) is 0 Å². The maximum Gasteiger partial charge on any atom is 0.420 e. The lowest BCUT2D eigenvalue weighted by atomic mass is 10.1. The van der Waals surface area contributed by atoms with Gasteiger partial charge in [0.05, 0.1) is 18.7 Å². The van der Waals surface area contributed by atoms with E-state index in [2.05, 4.69) is 35.8 Å². The molecule has 0 saturated heterocycles. The van der Waals surface area contributed by atoms with Crippen LogP contribution in [0.25, 0.3) is 16.2 Å². The van der Waals surface area contributed by atoms with Crippen LogP contribution in [0, 0.1) is 6.57 Å². The molecule has 0 bridgehead atoms. The van der Waals surface area contributed by atoms with Crippen molar-refractivity contribution < 1.29 is 28.5 Å². The number of nitrogens with zero attached hydrogens (tertiary/aromatic N) is 6. The molecular formula is C26H30BrN6O5+. The second-order valence-electron chi connectivity index (χ2n) is 10.4. The molecule has 2 aromatic rings. The summed E-state index contributed by atoms with van der Waals surface area (Å²) in [6.07, 6.45) is 1.79. The van der Waals surface area contributed by atoms with Gasteiger partial charge in [-0.15, -0.1) is 0 Å². The van der Waals surface area contributed by atoms with Gasteiger partial charge in [-0.25, -0.2) is 29.3 Å². The number of hydrazone groups is 1. The molecule has 1 aromatic heterocycles. The smallest absolute Gasteiger partial charge is 0.420 e. The van der Waals surface area contributed by atoms with E-state index in [4.69, 9.17) is 20.8 Å². The number of benzene rings is 1. The maximum atomic E-state index is 12.8. The predicted molar refractivity (Wildman–Crippen MR) is 145 cm³/mol. The summed E-state index contributed by atoms with van der Waals surface area (Å²) in [5.74, 6) is 1.31. The molecule has 0 aliphatic carbocycles. The van der Waals surface area contributed by atoms with E-state index in [1.165, 1.54) is 12.4 Å². The van der Waals surface area contributed by atoms with Crippen LogP contribution in [-0.2, 0) is 16.0 Å². The standard InChI is InChI=1S/C26H30BrN6O5/c1-25(2,3)37-23(34)33(24(35)38-26(4,5)6)15-16-13-29-22(30-14-16)18-10-9-17(28-7)11-19(18)36-21-12-20(27)31-32(21)8/h9-11,13-14H,12,15H2,1-6,8H3/q+1. The van der Waals surface area contributed by atoms with E-state index in [0.29, 0.717) is 40.7 Å². The molecule has 0 atom stereocenters. The molecule has 0 unspecified atom stereocenters. The molecule has 2 heterocycles. The van der Waals surface area contributed by atoms with Crippen LogP contribution in [0.3, 0.4) is 0 Å². The topological polar surface area (TPSA) is 111 Å². The summed E-state index contributed by atoms with van der Waals surface area (Å²) >= 11 is 3.37. The zero-order chi connectivity index (χ0) is 28.3. The van der Waals surface area contributed by atoms with Crippen LogP contribution >= 0.6 is 15.9 Å². The lowest BCUT2D eigenvalue weighted by molar-refractivity contribution is -0.506. The van der Waals surface area contributed by atoms with E-state index < -0.39 is 23.4 Å². The van der Waals surface area contributed by atoms with Crippen LogP contribution in [0.4, 0.5) is 15.3 Å². The average molecular weight is 586 g/mol. The molecule has 3 rings (SSSR count). The molecule has 0 saturated carbocycles. The first-order valence-electron chi connectivity index (χ1n) is 11.7. The largest absolute Gasteiger partial charge is 0.443 e. The van der Waals surface area contributed by atoms with Gasteiger partial charge in [-0.3, -0.25) is 0 Å². The van der Waals surface area contributed by atoms with E-state index in [1.807, 2.05) is 0 Å². The van der Waals surface area contributed by atoms with Gasteiger partial charge in [0.2, 0.25) is 0 Å². The first-order valence-corrected chi connectivity index (χ1v) is 12.5. The van der Waals surface area contributed by atoms with Crippen molar-refractivity contribution in [3.63, 3.8) is 0 Å². The molecular weight excluding hydrogens is 556 g/mol. The quantitative estimate of drug-likeness (QED) is 0.324. The van der Waals surface area contributed by atoms with Crippen molar-refractivity contribution in [2.75, 3.05) is 7.05 Å². The number of carbonyl (C=O) groups excluding carboxylic acids is 2. The fourth-order valence-corrected chi connectivity index (χ4v) is 3.65. The second-order valence-corrected chi connectivity index (χ2v) is 11.3. The zero-order valence-electron chi connectivity index (χ0n) is 22.4. The van der Waals surface area contributed by atoms with Crippen molar-refractivity contribution in [3.05, 3.63) is 47.6 Å². The zero-order valence-corrected chi connectivity index (χ0v) is 24.0.